The van der Waals surface area contributed by atoms with E-state index in [1.165, 1.54) is 40.9 Å². The average molecular weight is 331 g/mol. The zero-order valence-electron chi connectivity index (χ0n) is 11.7. The number of nitrogens with one attached hydrogen (secondary N) is 2. The highest BCUT2D eigenvalue weighted by atomic mass is 79.9. The minimum atomic E-state index is 0.855. The molecule has 0 atom stereocenters. The maximum Gasteiger partial charge on any atom is 0.0423 e. The van der Waals surface area contributed by atoms with Gasteiger partial charge in [0.25, 0.3) is 0 Å². The quantitative estimate of drug-likeness (QED) is 0.850. The van der Waals surface area contributed by atoms with E-state index in [0.29, 0.717) is 0 Å². The van der Waals surface area contributed by atoms with Gasteiger partial charge in [0.05, 0.1) is 0 Å². The lowest BCUT2D eigenvalue weighted by atomic mass is 9.99. The van der Waals surface area contributed by atoms with E-state index in [-0.39, 0.29) is 0 Å². The van der Waals surface area contributed by atoms with Crippen LogP contribution in [0.15, 0.2) is 40.9 Å². The van der Waals surface area contributed by atoms with Crippen LogP contribution in [0.2, 0.25) is 0 Å². The predicted molar refractivity (Wildman–Crippen MR) is 89.5 cm³/mol. The van der Waals surface area contributed by atoms with Gasteiger partial charge in [-0.3, -0.25) is 0 Å². The SMILES string of the molecule is Cc1ccc(Br)cc1NCc1cccc2c1NCCC2. The molecule has 0 spiro atoms. The molecule has 2 aromatic rings. The third-order valence-electron chi connectivity index (χ3n) is 3.83. The van der Waals surface area contributed by atoms with Crippen molar-refractivity contribution in [2.75, 3.05) is 17.2 Å². The molecule has 0 bridgehead atoms. The number of halogens is 1. The van der Waals surface area contributed by atoms with Crippen molar-refractivity contribution in [1.29, 1.82) is 0 Å². The summed E-state index contributed by atoms with van der Waals surface area (Å²) in [6.45, 7) is 4.07. The van der Waals surface area contributed by atoms with Crippen molar-refractivity contribution in [1.82, 2.24) is 0 Å². The van der Waals surface area contributed by atoms with E-state index < -0.39 is 0 Å². The number of hydrogen-bond acceptors (Lipinski definition) is 2. The molecule has 2 N–H and O–H groups in total. The van der Waals surface area contributed by atoms with Gasteiger partial charge in [-0.2, -0.15) is 0 Å². The molecule has 2 aromatic carbocycles. The molecule has 0 saturated carbocycles. The second-order valence-electron chi connectivity index (χ2n) is 5.29. The first-order valence-electron chi connectivity index (χ1n) is 7.09. The van der Waals surface area contributed by atoms with Crippen LogP contribution in [0.25, 0.3) is 0 Å². The molecule has 3 heteroatoms. The Morgan fingerprint density at radius 2 is 2.15 bits per heavy atom. The first-order valence-corrected chi connectivity index (χ1v) is 7.88. The zero-order chi connectivity index (χ0) is 13.9. The maximum absolute atomic E-state index is 3.55. The van der Waals surface area contributed by atoms with E-state index in [4.69, 9.17) is 0 Å². The van der Waals surface area contributed by atoms with Gasteiger partial charge in [-0.1, -0.05) is 40.2 Å². The van der Waals surface area contributed by atoms with Crippen molar-refractivity contribution < 1.29 is 0 Å². The van der Waals surface area contributed by atoms with E-state index in [0.717, 1.165) is 17.6 Å². The van der Waals surface area contributed by atoms with Gasteiger partial charge in [0.2, 0.25) is 0 Å². The Morgan fingerprint density at radius 3 is 3.05 bits per heavy atom. The fourth-order valence-corrected chi connectivity index (χ4v) is 3.06. The van der Waals surface area contributed by atoms with Crippen molar-refractivity contribution >= 4 is 27.3 Å². The maximum atomic E-state index is 3.55. The topological polar surface area (TPSA) is 24.1 Å². The summed E-state index contributed by atoms with van der Waals surface area (Å²) < 4.78 is 1.11. The van der Waals surface area contributed by atoms with Gasteiger partial charge in [0.1, 0.15) is 0 Å². The third kappa shape index (κ3) is 2.83. The van der Waals surface area contributed by atoms with Crippen molar-refractivity contribution in [2.45, 2.75) is 26.3 Å². The summed E-state index contributed by atoms with van der Waals surface area (Å²) in [5.41, 5.74) is 6.58. The number of fused-ring (bicyclic) bond motifs is 1. The Kier molecular flexibility index (Phi) is 3.97. The van der Waals surface area contributed by atoms with Crippen molar-refractivity contribution in [3.63, 3.8) is 0 Å². The van der Waals surface area contributed by atoms with Crippen LogP contribution in [0, 0.1) is 6.92 Å². The fourth-order valence-electron chi connectivity index (χ4n) is 2.70. The highest BCUT2D eigenvalue weighted by Crippen LogP contribution is 2.27. The van der Waals surface area contributed by atoms with Crippen LogP contribution in [0.1, 0.15) is 23.1 Å². The molecular formula is C17H19BrN2. The molecule has 0 amide bonds. The molecule has 0 saturated heterocycles. The minimum absolute atomic E-state index is 0.855. The van der Waals surface area contributed by atoms with E-state index in [9.17, 15) is 0 Å². The number of para-hydroxylation sites is 1. The Hall–Kier alpha value is -1.48. The molecule has 0 aromatic heterocycles. The second kappa shape index (κ2) is 5.88. The largest absolute Gasteiger partial charge is 0.385 e. The molecule has 104 valence electrons. The minimum Gasteiger partial charge on any atom is -0.385 e. The highest BCUT2D eigenvalue weighted by Gasteiger charge is 2.12. The van der Waals surface area contributed by atoms with Crippen LogP contribution in [0.4, 0.5) is 11.4 Å². The summed E-state index contributed by atoms with van der Waals surface area (Å²) in [6, 6.07) is 12.9. The summed E-state index contributed by atoms with van der Waals surface area (Å²) >= 11 is 3.53. The summed E-state index contributed by atoms with van der Waals surface area (Å²) in [7, 11) is 0. The lowest BCUT2D eigenvalue weighted by Crippen LogP contribution is -2.15. The van der Waals surface area contributed by atoms with Crippen LogP contribution in [-0.4, -0.2) is 6.54 Å². The van der Waals surface area contributed by atoms with Crippen LogP contribution in [0.3, 0.4) is 0 Å². The Bertz CT molecular complexity index is 622. The van der Waals surface area contributed by atoms with Gasteiger partial charge in [0.15, 0.2) is 0 Å². The number of aryl methyl sites for hydroxylation is 2. The van der Waals surface area contributed by atoms with Crippen LogP contribution in [0.5, 0.6) is 0 Å². The Balaban J connectivity index is 1.80. The summed E-state index contributed by atoms with van der Waals surface area (Å²) in [6.07, 6.45) is 2.42. The second-order valence-corrected chi connectivity index (χ2v) is 6.21. The molecular weight excluding hydrogens is 312 g/mol. The van der Waals surface area contributed by atoms with Crippen molar-refractivity contribution in [3.8, 4) is 0 Å². The zero-order valence-corrected chi connectivity index (χ0v) is 13.3. The first-order chi connectivity index (χ1) is 9.74. The van der Waals surface area contributed by atoms with Crippen molar-refractivity contribution in [2.24, 2.45) is 0 Å². The van der Waals surface area contributed by atoms with Crippen LogP contribution in [-0.2, 0) is 13.0 Å². The number of hydrogen-bond donors (Lipinski definition) is 2. The fraction of sp³-hybridized carbons (Fsp3) is 0.294. The normalized spacial score (nSPS) is 13.5. The molecule has 2 nitrogen and oxygen atoms in total. The van der Waals surface area contributed by atoms with Gasteiger partial charge < -0.3 is 10.6 Å². The first kappa shape index (κ1) is 13.5. The van der Waals surface area contributed by atoms with Gasteiger partial charge in [-0.25, -0.2) is 0 Å². The summed E-state index contributed by atoms with van der Waals surface area (Å²) in [4.78, 5) is 0. The van der Waals surface area contributed by atoms with E-state index in [2.05, 4.69) is 69.9 Å². The smallest absolute Gasteiger partial charge is 0.0423 e. The molecule has 1 aliphatic heterocycles. The molecule has 3 rings (SSSR count). The predicted octanol–water partition coefficient (Wildman–Crippen LogP) is 4.73. The molecule has 0 fully saturated rings. The van der Waals surface area contributed by atoms with Gasteiger partial charge in [-0.05, 0) is 48.6 Å². The monoisotopic (exact) mass is 330 g/mol. The average Bonchev–Trinajstić information content (AvgIpc) is 2.48. The van der Waals surface area contributed by atoms with Crippen LogP contribution < -0.4 is 10.6 Å². The highest BCUT2D eigenvalue weighted by molar-refractivity contribution is 9.10. The molecule has 1 aliphatic rings. The van der Waals surface area contributed by atoms with Gasteiger partial charge in [0, 0.05) is 28.9 Å². The van der Waals surface area contributed by atoms with Crippen LogP contribution >= 0.6 is 15.9 Å². The van der Waals surface area contributed by atoms with Crippen molar-refractivity contribution in [3.05, 3.63) is 57.6 Å². The molecule has 0 aliphatic carbocycles. The molecule has 0 unspecified atom stereocenters. The van der Waals surface area contributed by atoms with Gasteiger partial charge >= 0.3 is 0 Å². The Morgan fingerprint density at radius 1 is 1.25 bits per heavy atom. The van der Waals surface area contributed by atoms with E-state index >= 15 is 0 Å². The number of rotatable bonds is 3. The Labute approximate surface area is 128 Å². The number of benzene rings is 2. The lowest BCUT2D eigenvalue weighted by Gasteiger charge is -2.22. The lowest BCUT2D eigenvalue weighted by molar-refractivity contribution is 0.825. The summed E-state index contributed by atoms with van der Waals surface area (Å²) in [5.74, 6) is 0. The molecule has 20 heavy (non-hydrogen) atoms. The third-order valence-corrected chi connectivity index (χ3v) is 4.32. The molecule has 1 heterocycles. The van der Waals surface area contributed by atoms with E-state index in [1.807, 2.05) is 0 Å². The standard InChI is InChI=1S/C17H19BrN2/c1-12-7-8-15(18)10-16(12)20-11-14-5-2-4-13-6-3-9-19-17(13)14/h2,4-5,7-8,10,19-20H,3,6,9,11H2,1H3. The summed E-state index contributed by atoms with van der Waals surface area (Å²) in [5, 5.41) is 7.09. The van der Waals surface area contributed by atoms with E-state index in [1.54, 1.807) is 0 Å². The van der Waals surface area contributed by atoms with Gasteiger partial charge in [-0.15, -0.1) is 0 Å². The number of anilines is 2. The molecule has 0 radical (unpaired) electrons.